The van der Waals surface area contributed by atoms with Gasteiger partial charge in [0, 0.05) is 12.1 Å². The second-order valence-electron chi connectivity index (χ2n) is 3.67. The number of benzene rings is 1. The molecule has 0 aliphatic rings. The van der Waals surface area contributed by atoms with Crippen LogP contribution >= 0.6 is 11.6 Å². The molecule has 0 spiro atoms. The zero-order valence-electron chi connectivity index (χ0n) is 9.82. The molecule has 8 nitrogen and oxygen atoms in total. The van der Waals surface area contributed by atoms with Gasteiger partial charge in [-0.3, -0.25) is 10.1 Å². The van der Waals surface area contributed by atoms with Gasteiger partial charge < -0.3 is 4.52 Å². The van der Waals surface area contributed by atoms with E-state index in [1.54, 1.807) is 0 Å². The van der Waals surface area contributed by atoms with Gasteiger partial charge in [-0.1, -0.05) is 16.8 Å². The summed E-state index contributed by atoms with van der Waals surface area (Å²) in [5.41, 5.74) is -0.478. The van der Waals surface area contributed by atoms with Crippen LogP contribution in [0.4, 0.5) is 5.69 Å². The lowest BCUT2D eigenvalue weighted by Gasteiger charge is -2.05. The van der Waals surface area contributed by atoms with E-state index in [4.69, 9.17) is 16.1 Å². The smallest absolute Gasteiger partial charge is 0.289 e. The first-order chi connectivity index (χ1) is 9.40. The van der Waals surface area contributed by atoms with E-state index in [9.17, 15) is 18.5 Å². The number of halogens is 1. The van der Waals surface area contributed by atoms with Crippen molar-refractivity contribution in [3.05, 3.63) is 51.4 Å². The SMILES string of the molecule is O=[N+]([O-])c1cc(S(=O)(=O)NCc2ccno2)ccc1Cl. The highest BCUT2D eigenvalue weighted by molar-refractivity contribution is 7.89. The van der Waals surface area contributed by atoms with Gasteiger partial charge in [-0.25, -0.2) is 13.1 Å². The Kier molecular flexibility index (Phi) is 4.02. The van der Waals surface area contributed by atoms with Gasteiger partial charge in [0.15, 0.2) is 5.76 Å². The van der Waals surface area contributed by atoms with E-state index in [1.165, 1.54) is 18.3 Å². The first-order valence-electron chi connectivity index (χ1n) is 5.23. The summed E-state index contributed by atoms with van der Waals surface area (Å²) in [5, 5.41) is 14.0. The van der Waals surface area contributed by atoms with Crippen molar-refractivity contribution >= 4 is 27.3 Å². The van der Waals surface area contributed by atoms with Crippen LogP contribution in [0.25, 0.3) is 0 Å². The van der Waals surface area contributed by atoms with E-state index in [1.807, 2.05) is 0 Å². The molecule has 10 heteroatoms. The molecule has 0 atom stereocenters. The molecule has 0 saturated carbocycles. The largest absolute Gasteiger partial charge is 0.360 e. The van der Waals surface area contributed by atoms with Gasteiger partial charge in [-0.15, -0.1) is 0 Å². The van der Waals surface area contributed by atoms with Crippen molar-refractivity contribution in [2.24, 2.45) is 0 Å². The molecule has 2 rings (SSSR count). The second kappa shape index (κ2) is 5.57. The molecule has 0 bridgehead atoms. The van der Waals surface area contributed by atoms with Crippen LogP contribution in [0, 0.1) is 10.1 Å². The van der Waals surface area contributed by atoms with Crippen molar-refractivity contribution < 1.29 is 17.9 Å². The molecule has 20 heavy (non-hydrogen) atoms. The third kappa shape index (κ3) is 3.13. The van der Waals surface area contributed by atoms with Crippen LogP contribution < -0.4 is 4.72 Å². The maximum absolute atomic E-state index is 12.0. The minimum Gasteiger partial charge on any atom is -0.360 e. The number of nitrogens with zero attached hydrogens (tertiary/aromatic N) is 2. The quantitative estimate of drug-likeness (QED) is 0.663. The van der Waals surface area contributed by atoms with Crippen molar-refractivity contribution in [3.8, 4) is 0 Å². The van der Waals surface area contributed by atoms with E-state index in [0.29, 0.717) is 5.76 Å². The Morgan fingerprint density at radius 2 is 2.15 bits per heavy atom. The van der Waals surface area contributed by atoms with Crippen LogP contribution in [0.5, 0.6) is 0 Å². The lowest BCUT2D eigenvalue weighted by atomic mass is 10.3. The summed E-state index contributed by atoms with van der Waals surface area (Å²) in [6.45, 7) is -0.112. The zero-order valence-corrected chi connectivity index (χ0v) is 11.4. The number of rotatable bonds is 5. The highest BCUT2D eigenvalue weighted by atomic mass is 35.5. The van der Waals surface area contributed by atoms with Gasteiger partial charge in [0.2, 0.25) is 10.0 Å². The third-order valence-corrected chi connectivity index (χ3v) is 4.07. The third-order valence-electron chi connectivity index (χ3n) is 2.35. The first kappa shape index (κ1) is 14.4. The Morgan fingerprint density at radius 1 is 1.40 bits per heavy atom. The van der Waals surface area contributed by atoms with E-state index >= 15 is 0 Å². The highest BCUT2D eigenvalue weighted by Gasteiger charge is 2.20. The van der Waals surface area contributed by atoms with Crippen molar-refractivity contribution in [1.29, 1.82) is 0 Å². The van der Waals surface area contributed by atoms with Gasteiger partial charge in [-0.05, 0) is 12.1 Å². The number of nitro benzene ring substituents is 1. The summed E-state index contributed by atoms with van der Waals surface area (Å²) in [4.78, 5) is 9.72. The lowest BCUT2D eigenvalue weighted by Crippen LogP contribution is -2.23. The van der Waals surface area contributed by atoms with E-state index in [0.717, 1.165) is 12.1 Å². The molecule has 0 unspecified atom stereocenters. The molecule has 1 aromatic heterocycles. The summed E-state index contributed by atoms with van der Waals surface area (Å²) >= 11 is 5.62. The van der Waals surface area contributed by atoms with Crippen molar-refractivity contribution in [1.82, 2.24) is 9.88 Å². The molecule has 106 valence electrons. The Hall–Kier alpha value is -1.97. The fourth-order valence-corrected chi connectivity index (χ4v) is 2.58. The topological polar surface area (TPSA) is 115 Å². The minimum atomic E-state index is -3.91. The van der Waals surface area contributed by atoms with Crippen LogP contribution in [0.3, 0.4) is 0 Å². The Bertz CT molecular complexity index is 729. The van der Waals surface area contributed by atoms with Crippen LogP contribution in [-0.2, 0) is 16.6 Å². The number of hydrogen-bond acceptors (Lipinski definition) is 6. The summed E-state index contributed by atoms with van der Waals surface area (Å²) in [5.74, 6) is 0.317. The van der Waals surface area contributed by atoms with Gasteiger partial charge in [-0.2, -0.15) is 0 Å². The summed E-state index contributed by atoms with van der Waals surface area (Å²) < 4.78 is 30.9. The molecule has 2 aromatic rings. The molecule has 0 aliphatic carbocycles. The molecule has 1 heterocycles. The monoisotopic (exact) mass is 317 g/mol. The summed E-state index contributed by atoms with van der Waals surface area (Å²) in [6.07, 6.45) is 1.37. The van der Waals surface area contributed by atoms with Crippen LogP contribution in [0.2, 0.25) is 5.02 Å². The summed E-state index contributed by atoms with van der Waals surface area (Å²) in [6, 6.07) is 4.72. The molecule has 0 saturated heterocycles. The molecule has 0 aliphatic heterocycles. The average Bonchev–Trinajstić information content (AvgIpc) is 2.89. The van der Waals surface area contributed by atoms with E-state index in [2.05, 4.69) is 9.88 Å². The Balaban J connectivity index is 2.25. The number of sulfonamides is 1. The van der Waals surface area contributed by atoms with Gasteiger partial charge in [0.25, 0.3) is 5.69 Å². The number of aromatic nitrogens is 1. The maximum atomic E-state index is 12.0. The van der Waals surface area contributed by atoms with Gasteiger partial charge in [0.1, 0.15) is 5.02 Å². The van der Waals surface area contributed by atoms with Crippen molar-refractivity contribution in [2.75, 3.05) is 0 Å². The highest BCUT2D eigenvalue weighted by Crippen LogP contribution is 2.27. The van der Waals surface area contributed by atoms with Crippen LogP contribution in [0.1, 0.15) is 5.76 Å². The number of hydrogen-bond donors (Lipinski definition) is 1. The summed E-state index contributed by atoms with van der Waals surface area (Å²) in [7, 11) is -3.91. The molecule has 0 amide bonds. The van der Waals surface area contributed by atoms with E-state index in [-0.39, 0.29) is 16.5 Å². The fourth-order valence-electron chi connectivity index (χ4n) is 1.38. The minimum absolute atomic E-state index is 0.112. The molecule has 0 fully saturated rings. The van der Waals surface area contributed by atoms with Crippen molar-refractivity contribution in [3.63, 3.8) is 0 Å². The van der Waals surface area contributed by atoms with Gasteiger partial charge >= 0.3 is 0 Å². The van der Waals surface area contributed by atoms with Crippen molar-refractivity contribution in [2.45, 2.75) is 11.4 Å². The Morgan fingerprint density at radius 3 is 2.75 bits per heavy atom. The standard InChI is InChI=1S/C10H8ClN3O5S/c11-9-2-1-8(5-10(9)14(15)16)20(17,18)13-6-7-3-4-12-19-7/h1-5,13H,6H2. The fraction of sp³-hybridized carbons (Fsp3) is 0.100. The molecule has 0 radical (unpaired) electrons. The number of nitro groups is 1. The normalized spacial score (nSPS) is 11.4. The Labute approximate surface area is 118 Å². The average molecular weight is 318 g/mol. The van der Waals surface area contributed by atoms with Crippen LogP contribution in [0.15, 0.2) is 39.9 Å². The van der Waals surface area contributed by atoms with Gasteiger partial charge in [0.05, 0.1) is 22.6 Å². The molecular formula is C10H8ClN3O5S. The maximum Gasteiger partial charge on any atom is 0.289 e. The zero-order chi connectivity index (χ0) is 14.8. The van der Waals surface area contributed by atoms with Crippen LogP contribution in [-0.4, -0.2) is 18.5 Å². The predicted molar refractivity (Wildman–Crippen MR) is 68.6 cm³/mol. The lowest BCUT2D eigenvalue weighted by molar-refractivity contribution is -0.384. The molecule has 1 aromatic carbocycles. The first-order valence-corrected chi connectivity index (χ1v) is 7.09. The number of nitrogens with one attached hydrogen (secondary N) is 1. The second-order valence-corrected chi connectivity index (χ2v) is 5.85. The molecular weight excluding hydrogens is 310 g/mol. The van der Waals surface area contributed by atoms with E-state index < -0.39 is 20.6 Å². The predicted octanol–water partition coefficient (Wildman–Crippen LogP) is 1.71. The molecule has 1 N–H and O–H groups in total.